The van der Waals surface area contributed by atoms with E-state index in [0.717, 1.165) is 0 Å². The van der Waals surface area contributed by atoms with Gasteiger partial charge in [0.1, 0.15) is 19.3 Å². The summed E-state index contributed by atoms with van der Waals surface area (Å²) in [6.45, 7) is 2.95. The molecule has 9 heteroatoms. The summed E-state index contributed by atoms with van der Waals surface area (Å²) in [7, 11) is 0. The van der Waals surface area contributed by atoms with Crippen LogP contribution in [-0.4, -0.2) is 43.4 Å². The molecule has 0 saturated heterocycles. The molecule has 0 saturated carbocycles. The first-order chi connectivity index (χ1) is 13.4. The molecule has 9 nitrogen and oxygen atoms in total. The molecule has 1 atom stereocenters. The number of esters is 1. The number of hydrogen-bond donors (Lipinski definition) is 3. The zero-order chi connectivity index (χ0) is 20.9. The molecule has 1 aromatic carbocycles. The predicted octanol–water partition coefficient (Wildman–Crippen LogP) is 0.0887. The Morgan fingerprint density at radius 3 is 2.64 bits per heavy atom. The van der Waals surface area contributed by atoms with Gasteiger partial charge in [-0.3, -0.25) is 19.2 Å². The number of carbonyl (C=O) groups excluding carboxylic acids is 4. The molecular formula is C19H23N3O6. The van der Waals surface area contributed by atoms with Gasteiger partial charge in [0, 0.05) is 12.6 Å². The standard InChI is InChI=1S/C19H23N3O6/c1-4-7-27-10-16-8-17(6-5-15(16)11-28-14(3)24)22-19(26)13(2)21-18(25)9-20-12-23/h1,5-6,8,12-13H,7,9-11H2,2-3H3,(H,20,23)(H,21,25)(H,22,26). The van der Waals surface area contributed by atoms with Gasteiger partial charge < -0.3 is 25.4 Å². The largest absolute Gasteiger partial charge is 0.461 e. The van der Waals surface area contributed by atoms with Crippen LogP contribution in [0, 0.1) is 12.3 Å². The van der Waals surface area contributed by atoms with E-state index in [9.17, 15) is 19.2 Å². The highest BCUT2D eigenvalue weighted by molar-refractivity contribution is 5.97. The number of amides is 3. The number of terminal acetylenes is 1. The van der Waals surface area contributed by atoms with Crippen molar-refractivity contribution in [1.82, 2.24) is 10.6 Å². The molecule has 0 aromatic heterocycles. The van der Waals surface area contributed by atoms with Crippen LogP contribution in [0.15, 0.2) is 18.2 Å². The topological polar surface area (TPSA) is 123 Å². The molecule has 0 spiro atoms. The number of rotatable bonds is 11. The lowest BCUT2D eigenvalue weighted by Crippen LogP contribution is -2.44. The van der Waals surface area contributed by atoms with E-state index in [0.29, 0.717) is 23.2 Å². The van der Waals surface area contributed by atoms with E-state index in [1.165, 1.54) is 13.8 Å². The number of benzene rings is 1. The molecule has 0 heterocycles. The van der Waals surface area contributed by atoms with E-state index in [1.54, 1.807) is 18.2 Å². The third kappa shape index (κ3) is 8.33. The molecule has 3 N–H and O–H groups in total. The van der Waals surface area contributed by atoms with Crippen LogP contribution >= 0.6 is 0 Å². The van der Waals surface area contributed by atoms with Gasteiger partial charge in [0.05, 0.1) is 13.2 Å². The maximum atomic E-state index is 12.3. The van der Waals surface area contributed by atoms with Crippen LogP contribution in [0.1, 0.15) is 25.0 Å². The normalized spacial score (nSPS) is 10.9. The van der Waals surface area contributed by atoms with E-state index in [-0.39, 0.29) is 26.4 Å². The molecule has 0 fully saturated rings. The first-order valence-corrected chi connectivity index (χ1v) is 8.41. The van der Waals surface area contributed by atoms with Crippen LogP contribution in [0.4, 0.5) is 5.69 Å². The first kappa shape index (κ1) is 22.7. The molecule has 0 aliphatic rings. The van der Waals surface area contributed by atoms with Crippen molar-refractivity contribution in [2.45, 2.75) is 33.1 Å². The maximum absolute atomic E-state index is 12.3. The third-order valence-corrected chi connectivity index (χ3v) is 3.46. The predicted molar refractivity (Wildman–Crippen MR) is 101 cm³/mol. The molecule has 1 unspecified atom stereocenters. The zero-order valence-electron chi connectivity index (χ0n) is 15.7. The van der Waals surface area contributed by atoms with Gasteiger partial charge >= 0.3 is 5.97 Å². The Labute approximate surface area is 163 Å². The zero-order valence-corrected chi connectivity index (χ0v) is 15.7. The summed E-state index contributed by atoms with van der Waals surface area (Å²) < 4.78 is 10.3. The number of hydrogen-bond acceptors (Lipinski definition) is 6. The summed E-state index contributed by atoms with van der Waals surface area (Å²) in [4.78, 5) is 45.0. The monoisotopic (exact) mass is 389 g/mol. The lowest BCUT2D eigenvalue weighted by molar-refractivity contribution is -0.142. The Bertz CT molecular complexity index is 757. The molecule has 1 aromatic rings. The Morgan fingerprint density at radius 1 is 1.25 bits per heavy atom. The second kappa shape index (κ2) is 12.1. The van der Waals surface area contributed by atoms with E-state index in [1.807, 2.05) is 0 Å². The van der Waals surface area contributed by atoms with Crippen molar-refractivity contribution < 1.29 is 28.7 Å². The van der Waals surface area contributed by atoms with Crippen LogP contribution in [0.25, 0.3) is 0 Å². The first-order valence-electron chi connectivity index (χ1n) is 8.41. The quantitative estimate of drug-likeness (QED) is 0.213. The van der Waals surface area contributed by atoms with Gasteiger partial charge in [-0.1, -0.05) is 12.0 Å². The van der Waals surface area contributed by atoms with Gasteiger partial charge in [0.25, 0.3) is 0 Å². The number of nitrogens with one attached hydrogen (secondary N) is 3. The highest BCUT2D eigenvalue weighted by Crippen LogP contribution is 2.18. The van der Waals surface area contributed by atoms with Gasteiger partial charge in [0.15, 0.2) is 0 Å². The number of anilines is 1. The van der Waals surface area contributed by atoms with Gasteiger partial charge in [-0.05, 0) is 30.2 Å². The fourth-order valence-electron chi connectivity index (χ4n) is 2.12. The SMILES string of the molecule is C#CCOCc1cc(NC(=O)C(C)NC(=O)CNC=O)ccc1COC(C)=O. The second-order valence-corrected chi connectivity index (χ2v) is 5.74. The number of ether oxygens (including phenoxy) is 2. The van der Waals surface area contributed by atoms with Crippen LogP contribution < -0.4 is 16.0 Å². The van der Waals surface area contributed by atoms with E-state index < -0.39 is 23.8 Å². The molecule has 0 radical (unpaired) electrons. The second-order valence-electron chi connectivity index (χ2n) is 5.74. The Balaban J connectivity index is 2.80. The molecule has 0 aliphatic carbocycles. The molecule has 3 amide bonds. The van der Waals surface area contributed by atoms with Crippen LogP contribution in [0.5, 0.6) is 0 Å². The van der Waals surface area contributed by atoms with Crippen molar-refractivity contribution in [2.24, 2.45) is 0 Å². The summed E-state index contributed by atoms with van der Waals surface area (Å²) in [6.07, 6.45) is 5.56. The highest BCUT2D eigenvalue weighted by Gasteiger charge is 2.16. The van der Waals surface area contributed by atoms with Gasteiger partial charge in [0.2, 0.25) is 18.2 Å². The highest BCUT2D eigenvalue weighted by atomic mass is 16.5. The van der Waals surface area contributed by atoms with Gasteiger partial charge in [-0.15, -0.1) is 6.42 Å². The van der Waals surface area contributed by atoms with Crippen LogP contribution in [0.2, 0.25) is 0 Å². The van der Waals surface area contributed by atoms with Crippen molar-refractivity contribution >= 4 is 29.9 Å². The lowest BCUT2D eigenvalue weighted by Gasteiger charge is -2.16. The number of carbonyl (C=O) groups is 4. The molecule has 0 bridgehead atoms. The smallest absolute Gasteiger partial charge is 0.302 e. The molecule has 28 heavy (non-hydrogen) atoms. The molecular weight excluding hydrogens is 366 g/mol. The van der Waals surface area contributed by atoms with E-state index >= 15 is 0 Å². The van der Waals surface area contributed by atoms with E-state index in [2.05, 4.69) is 21.9 Å². The minimum atomic E-state index is -0.817. The Kier molecular flexibility index (Phi) is 9.78. The van der Waals surface area contributed by atoms with E-state index in [4.69, 9.17) is 15.9 Å². The minimum Gasteiger partial charge on any atom is -0.461 e. The fraction of sp³-hybridized carbons (Fsp3) is 0.368. The van der Waals surface area contributed by atoms with Crippen molar-refractivity contribution in [3.63, 3.8) is 0 Å². The summed E-state index contributed by atoms with van der Waals surface area (Å²) in [5, 5.41) is 7.35. The Morgan fingerprint density at radius 2 is 2.00 bits per heavy atom. The molecule has 150 valence electrons. The summed E-state index contributed by atoms with van der Waals surface area (Å²) >= 11 is 0. The van der Waals surface area contributed by atoms with Crippen molar-refractivity contribution in [2.75, 3.05) is 18.5 Å². The van der Waals surface area contributed by atoms with Crippen molar-refractivity contribution in [3.05, 3.63) is 29.3 Å². The average molecular weight is 389 g/mol. The van der Waals surface area contributed by atoms with Gasteiger partial charge in [-0.2, -0.15) is 0 Å². The van der Waals surface area contributed by atoms with Crippen LogP contribution in [0.3, 0.4) is 0 Å². The van der Waals surface area contributed by atoms with Gasteiger partial charge in [-0.25, -0.2) is 0 Å². The lowest BCUT2D eigenvalue weighted by atomic mass is 10.1. The summed E-state index contributed by atoms with van der Waals surface area (Å²) in [5.74, 6) is 1.01. The summed E-state index contributed by atoms with van der Waals surface area (Å²) in [5.41, 5.74) is 1.88. The minimum absolute atomic E-state index is 0.0640. The molecule has 1 rings (SSSR count). The van der Waals surface area contributed by atoms with Crippen LogP contribution in [-0.2, 0) is 41.9 Å². The maximum Gasteiger partial charge on any atom is 0.302 e. The Hall–Kier alpha value is -3.38. The summed E-state index contributed by atoms with van der Waals surface area (Å²) in [6, 6.07) is 4.20. The van der Waals surface area contributed by atoms with Crippen molar-refractivity contribution in [1.29, 1.82) is 0 Å². The average Bonchev–Trinajstić information content (AvgIpc) is 2.65. The molecule has 0 aliphatic heterocycles. The van der Waals surface area contributed by atoms with Crippen molar-refractivity contribution in [3.8, 4) is 12.3 Å². The fourth-order valence-corrected chi connectivity index (χ4v) is 2.12. The third-order valence-electron chi connectivity index (χ3n) is 3.46.